The van der Waals surface area contributed by atoms with Crippen molar-refractivity contribution in [2.24, 2.45) is 0 Å². The molecule has 1 unspecified atom stereocenters. The summed E-state index contributed by atoms with van der Waals surface area (Å²) in [6.45, 7) is 2.14. The van der Waals surface area contributed by atoms with Crippen LogP contribution in [-0.4, -0.2) is 37.9 Å². The van der Waals surface area contributed by atoms with E-state index in [-0.39, 0.29) is 9.48 Å². The SMILES string of the molecule is CCCC(I)c1cc(NC(=O)Nc2ccc(Oc3ccnc4[nH]c(=O)cnc34)c3ccccc23)n(-c2ccc(OC)cc2)n1. The summed E-state index contributed by atoms with van der Waals surface area (Å²) in [5.74, 6) is 2.26. The Kier molecular flexibility index (Phi) is 8.41. The fourth-order valence-corrected chi connectivity index (χ4v) is 5.76. The number of rotatable bonds is 9. The normalized spacial score (nSPS) is 11.8. The van der Waals surface area contributed by atoms with Crippen molar-refractivity contribution in [1.82, 2.24) is 24.7 Å². The minimum absolute atomic E-state index is 0.199. The molecule has 3 heterocycles. The zero-order chi connectivity index (χ0) is 30.6. The molecule has 12 heteroatoms. The monoisotopic (exact) mass is 701 g/mol. The fourth-order valence-electron chi connectivity index (χ4n) is 4.83. The van der Waals surface area contributed by atoms with E-state index in [4.69, 9.17) is 14.6 Å². The first-order valence-corrected chi connectivity index (χ1v) is 15.2. The van der Waals surface area contributed by atoms with Gasteiger partial charge in [0, 0.05) is 29.1 Å². The molecule has 0 saturated heterocycles. The lowest BCUT2D eigenvalue weighted by atomic mass is 10.1. The number of aromatic amines is 1. The molecule has 3 N–H and O–H groups in total. The minimum atomic E-state index is -0.418. The molecule has 0 aliphatic heterocycles. The van der Waals surface area contributed by atoms with Crippen LogP contribution in [0.3, 0.4) is 0 Å². The number of amides is 2. The average Bonchev–Trinajstić information content (AvgIpc) is 3.46. The number of carbonyl (C=O) groups is 1. The summed E-state index contributed by atoms with van der Waals surface area (Å²) in [6, 6.07) is 21.8. The highest BCUT2D eigenvalue weighted by atomic mass is 127. The Labute approximate surface area is 265 Å². The third kappa shape index (κ3) is 6.06. The number of ether oxygens (including phenoxy) is 2. The number of hydrogen-bond donors (Lipinski definition) is 3. The van der Waals surface area contributed by atoms with Crippen LogP contribution in [0.4, 0.5) is 16.3 Å². The fraction of sp³-hybridized carbons (Fsp3) is 0.156. The van der Waals surface area contributed by atoms with Crippen molar-refractivity contribution in [2.75, 3.05) is 17.7 Å². The summed E-state index contributed by atoms with van der Waals surface area (Å²) in [6.07, 6.45) is 4.72. The number of aromatic nitrogens is 5. The number of H-pyrrole nitrogens is 1. The van der Waals surface area contributed by atoms with Gasteiger partial charge in [0.15, 0.2) is 11.4 Å². The van der Waals surface area contributed by atoms with E-state index in [1.165, 1.54) is 6.20 Å². The minimum Gasteiger partial charge on any atom is -0.497 e. The number of hydrogen-bond acceptors (Lipinski definition) is 7. The van der Waals surface area contributed by atoms with Crippen LogP contribution in [0.5, 0.6) is 17.2 Å². The Morgan fingerprint density at radius 2 is 1.80 bits per heavy atom. The van der Waals surface area contributed by atoms with Gasteiger partial charge in [-0.2, -0.15) is 5.10 Å². The zero-order valence-corrected chi connectivity index (χ0v) is 26.0. The highest BCUT2D eigenvalue weighted by Crippen LogP contribution is 2.36. The first kappa shape index (κ1) is 29.1. The van der Waals surface area contributed by atoms with E-state index in [9.17, 15) is 9.59 Å². The maximum atomic E-state index is 13.4. The van der Waals surface area contributed by atoms with Crippen LogP contribution < -0.4 is 25.7 Å². The molecule has 0 aliphatic rings. The maximum absolute atomic E-state index is 13.4. The number of carbonyl (C=O) groups excluding carboxylic acids is 1. The number of methoxy groups -OCH3 is 1. The molecule has 0 fully saturated rings. The Morgan fingerprint density at radius 3 is 2.57 bits per heavy atom. The Hall–Kier alpha value is -4.98. The molecule has 0 saturated carbocycles. The Balaban J connectivity index is 1.28. The molecule has 1 atom stereocenters. The second-order valence-corrected chi connectivity index (χ2v) is 11.4. The summed E-state index contributed by atoms with van der Waals surface area (Å²) >= 11 is 2.39. The number of fused-ring (bicyclic) bond motifs is 2. The summed E-state index contributed by atoms with van der Waals surface area (Å²) in [4.78, 5) is 36.1. The van der Waals surface area contributed by atoms with Gasteiger partial charge in [0.25, 0.3) is 5.56 Å². The highest BCUT2D eigenvalue weighted by molar-refractivity contribution is 14.1. The molecular weight excluding hydrogens is 673 g/mol. The molecule has 3 aromatic carbocycles. The predicted molar refractivity (Wildman–Crippen MR) is 179 cm³/mol. The quantitative estimate of drug-likeness (QED) is 0.106. The molecule has 6 aromatic rings. The van der Waals surface area contributed by atoms with E-state index in [2.05, 4.69) is 55.1 Å². The number of nitrogens with one attached hydrogen (secondary N) is 3. The van der Waals surface area contributed by atoms with E-state index in [0.717, 1.165) is 40.7 Å². The molecule has 0 radical (unpaired) electrons. The number of urea groups is 1. The first-order chi connectivity index (χ1) is 21.4. The van der Waals surface area contributed by atoms with Gasteiger partial charge < -0.3 is 19.8 Å². The standard InChI is InChI=1S/C32H28IN7O4/c1-3-6-23(33)25-17-28(40(39-25)19-9-11-20(43-2)12-10-19)37-32(42)36-24-13-14-26(22-8-5-4-7-21(22)24)44-27-15-16-34-31-30(27)35-18-29(41)38-31/h4-5,7-18,23H,3,6H2,1-2H3,(H,34,38,41)(H2,36,37,42). The van der Waals surface area contributed by atoms with E-state index in [1.54, 1.807) is 36.2 Å². The third-order valence-electron chi connectivity index (χ3n) is 6.94. The third-order valence-corrected chi connectivity index (χ3v) is 8.20. The van der Waals surface area contributed by atoms with Gasteiger partial charge in [-0.25, -0.2) is 19.4 Å². The lowest BCUT2D eigenvalue weighted by molar-refractivity contribution is 0.262. The molecule has 2 amide bonds. The molecule has 44 heavy (non-hydrogen) atoms. The maximum Gasteiger partial charge on any atom is 0.324 e. The Bertz CT molecular complexity index is 2020. The number of alkyl halides is 1. The van der Waals surface area contributed by atoms with Gasteiger partial charge in [-0.15, -0.1) is 0 Å². The number of nitrogens with zero attached hydrogens (tertiary/aromatic N) is 4. The summed E-state index contributed by atoms with van der Waals surface area (Å²) in [7, 11) is 1.62. The molecule has 0 spiro atoms. The smallest absolute Gasteiger partial charge is 0.324 e. The van der Waals surface area contributed by atoms with Gasteiger partial charge in [0.05, 0.1) is 34.3 Å². The van der Waals surface area contributed by atoms with Crippen LogP contribution >= 0.6 is 22.6 Å². The van der Waals surface area contributed by atoms with Crippen molar-refractivity contribution in [2.45, 2.75) is 23.7 Å². The van der Waals surface area contributed by atoms with Gasteiger partial charge in [0.2, 0.25) is 0 Å². The largest absolute Gasteiger partial charge is 0.497 e. The molecule has 0 aliphatic carbocycles. The molecule has 11 nitrogen and oxygen atoms in total. The van der Waals surface area contributed by atoms with Crippen molar-refractivity contribution in [3.8, 4) is 22.9 Å². The lowest BCUT2D eigenvalue weighted by Gasteiger charge is -2.15. The topological polar surface area (TPSA) is 136 Å². The van der Waals surface area contributed by atoms with Crippen LogP contribution in [0.15, 0.2) is 90.0 Å². The lowest BCUT2D eigenvalue weighted by Crippen LogP contribution is -2.21. The number of anilines is 2. The molecule has 0 bridgehead atoms. The van der Waals surface area contributed by atoms with Gasteiger partial charge in [0.1, 0.15) is 22.8 Å². The van der Waals surface area contributed by atoms with Crippen molar-refractivity contribution in [1.29, 1.82) is 0 Å². The van der Waals surface area contributed by atoms with Crippen LogP contribution in [0.25, 0.3) is 27.6 Å². The van der Waals surface area contributed by atoms with Crippen molar-refractivity contribution >= 4 is 62.1 Å². The van der Waals surface area contributed by atoms with Crippen molar-refractivity contribution < 1.29 is 14.3 Å². The van der Waals surface area contributed by atoms with E-state index >= 15 is 0 Å². The Morgan fingerprint density at radius 1 is 1.00 bits per heavy atom. The second-order valence-electron chi connectivity index (χ2n) is 9.91. The van der Waals surface area contributed by atoms with Crippen molar-refractivity contribution in [3.63, 3.8) is 0 Å². The molecule has 3 aromatic heterocycles. The van der Waals surface area contributed by atoms with Gasteiger partial charge in [-0.1, -0.05) is 60.2 Å². The number of benzene rings is 3. The zero-order valence-electron chi connectivity index (χ0n) is 23.9. The van der Waals surface area contributed by atoms with Crippen LogP contribution in [-0.2, 0) is 0 Å². The second kappa shape index (κ2) is 12.7. The van der Waals surface area contributed by atoms with Gasteiger partial charge in [-0.05, 0) is 42.8 Å². The summed E-state index contributed by atoms with van der Waals surface area (Å²) in [5, 5.41) is 12.4. The van der Waals surface area contributed by atoms with Crippen LogP contribution in [0, 0.1) is 0 Å². The van der Waals surface area contributed by atoms with E-state index < -0.39 is 6.03 Å². The number of halogens is 1. The first-order valence-electron chi connectivity index (χ1n) is 13.9. The predicted octanol–water partition coefficient (Wildman–Crippen LogP) is 7.38. The average molecular weight is 702 g/mol. The van der Waals surface area contributed by atoms with Crippen LogP contribution in [0.2, 0.25) is 0 Å². The van der Waals surface area contributed by atoms with Crippen LogP contribution in [0.1, 0.15) is 29.4 Å². The molecule has 222 valence electrons. The summed E-state index contributed by atoms with van der Waals surface area (Å²) in [5.41, 5.74) is 2.68. The molecule has 6 rings (SSSR count). The summed E-state index contributed by atoms with van der Waals surface area (Å²) < 4.78 is 13.5. The van der Waals surface area contributed by atoms with Crippen molar-refractivity contribution in [3.05, 3.63) is 101 Å². The molecular formula is C32H28IN7O4. The number of pyridine rings is 1. The van der Waals surface area contributed by atoms with Gasteiger partial charge in [-0.3, -0.25) is 10.1 Å². The van der Waals surface area contributed by atoms with E-state index in [0.29, 0.717) is 34.2 Å². The van der Waals surface area contributed by atoms with E-state index in [1.807, 2.05) is 54.6 Å². The highest BCUT2D eigenvalue weighted by Gasteiger charge is 2.18. The van der Waals surface area contributed by atoms with Gasteiger partial charge >= 0.3 is 6.03 Å².